The molecule has 2 atom stereocenters. The van der Waals surface area contributed by atoms with Gasteiger partial charge in [-0.1, -0.05) is 37.1 Å². The van der Waals surface area contributed by atoms with Crippen LogP contribution in [0.3, 0.4) is 0 Å². The predicted molar refractivity (Wildman–Crippen MR) is 144 cm³/mol. The summed E-state index contributed by atoms with van der Waals surface area (Å²) in [4.78, 5) is 29.3. The van der Waals surface area contributed by atoms with Gasteiger partial charge in [-0.15, -0.1) is 5.73 Å². The highest BCUT2D eigenvalue weighted by atomic mass is 16.2. The molecule has 3 fully saturated rings. The summed E-state index contributed by atoms with van der Waals surface area (Å²) in [5.74, 6) is 1.04. The molecule has 0 radical (unpaired) electrons. The molecule has 2 unspecified atom stereocenters. The lowest BCUT2D eigenvalue weighted by molar-refractivity contribution is -0.122. The summed E-state index contributed by atoms with van der Waals surface area (Å²) >= 11 is 0. The van der Waals surface area contributed by atoms with Crippen molar-refractivity contribution in [1.82, 2.24) is 15.1 Å². The van der Waals surface area contributed by atoms with Crippen molar-refractivity contribution in [3.63, 3.8) is 0 Å². The second-order valence-corrected chi connectivity index (χ2v) is 10.9. The highest BCUT2D eigenvalue weighted by Gasteiger charge is 2.29. The predicted octanol–water partition coefficient (Wildman–Crippen LogP) is 4.23. The van der Waals surface area contributed by atoms with Crippen molar-refractivity contribution in [1.29, 1.82) is 0 Å². The van der Waals surface area contributed by atoms with E-state index in [2.05, 4.69) is 50.4 Å². The molecule has 2 heterocycles. The van der Waals surface area contributed by atoms with E-state index in [1.807, 2.05) is 18.2 Å². The molecule has 5 rings (SSSR count). The molecule has 2 amide bonds. The van der Waals surface area contributed by atoms with Crippen molar-refractivity contribution in [2.24, 2.45) is 5.92 Å². The lowest BCUT2D eigenvalue weighted by Crippen LogP contribution is -2.40. The Hall–Kier alpha value is -2.66. The molecule has 4 aliphatic rings. The van der Waals surface area contributed by atoms with E-state index in [0.29, 0.717) is 19.0 Å². The zero-order chi connectivity index (χ0) is 24.7. The molecule has 2 N–H and O–H groups in total. The van der Waals surface area contributed by atoms with Crippen LogP contribution in [0.15, 0.2) is 53.8 Å². The molecule has 36 heavy (non-hydrogen) atoms. The highest BCUT2D eigenvalue weighted by molar-refractivity contribution is 5.92. The lowest BCUT2D eigenvalue weighted by atomic mass is 9.78. The molecule has 2 saturated heterocycles. The van der Waals surface area contributed by atoms with Crippen LogP contribution in [-0.2, 0) is 9.59 Å². The van der Waals surface area contributed by atoms with Crippen LogP contribution >= 0.6 is 0 Å². The van der Waals surface area contributed by atoms with Crippen molar-refractivity contribution >= 4 is 17.5 Å². The molecule has 6 heteroatoms. The average Bonchev–Trinajstić information content (AvgIpc) is 3.66. The molecular weight excluding hydrogens is 448 g/mol. The molecule has 2 aliphatic carbocycles. The largest absolute Gasteiger partial charge is 0.345 e. The van der Waals surface area contributed by atoms with Crippen LogP contribution in [0.2, 0.25) is 0 Å². The maximum Gasteiger partial charge on any atom is 0.238 e. The standard InChI is InChI=1S/C30H40N4O2/c35-28(21-33-17-3-4-18-33)31-26-13-9-24(10-14-26)30(23-7-1-2-8-23)25-11-15-27(16-12-25)32-29(36)22-34-19-5-6-20-34/h9-11,13-16,23,27,30H,1-8,17-22H2,(H,31,35)(H,32,36). The van der Waals surface area contributed by atoms with Crippen molar-refractivity contribution < 1.29 is 9.59 Å². The zero-order valence-electron chi connectivity index (χ0n) is 21.4. The van der Waals surface area contributed by atoms with Crippen LogP contribution in [-0.4, -0.2) is 66.9 Å². The van der Waals surface area contributed by atoms with Crippen LogP contribution in [0.25, 0.3) is 0 Å². The van der Waals surface area contributed by atoms with Gasteiger partial charge in [0.1, 0.15) is 0 Å². The first kappa shape index (κ1) is 25.0. The van der Waals surface area contributed by atoms with E-state index >= 15 is 0 Å². The first-order valence-corrected chi connectivity index (χ1v) is 13.9. The van der Waals surface area contributed by atoms with E-state index in [4.69, 9.17) is 0 Å². The minimum Gasteiger partial charge on any atom is -0.345 e. The van der Waals surface area contributed by atoms with Crippen molar-refractivity contribution in [2.45, 2.75) is 63.3 Å². The lowest BCUT2D eigenvalue weighted by Gasteiger charge is -2.26. The van der Waals surface area contributed by atoms with Gasteiger partial charge in [0.25, 0.3) is 0 Å². The Morgan fingerprint density at radius 3 is 2.06 bits per heavy atom. The normalized spacial score (nSPS) is 23.7. The van der Waals surface area contributed by atoms with Crippen LogP contribution in [0.5, 0.6) is 0 Å². The number of carbonyl (C=O) groups is 2. The number of anilines is 1. The van der Waals surface area contributed by atoms with E-state index in [1.54, 1.807) is 0 Å². The number of hydrogen-bond acceptors (Lipinski definition) is 4. The molecule has 1 aromatic rings. The molecule has 2 aliphatic heterocycles. The second-order valence-electron chi connectivity index (χ2n) is 10.9. The third-order valence-electron chi connectivity index (χ3n) is 8.13. The van der Waals surface area contributed by atoms with E-state index in [-0.39, 0.29) is 23.8 Å². The maximum atomic E-state index is 12.4. The van der Waals surface area contributed by atoms with Crippen LogP contribution in [0.1, 0.15) is 62.8 Å². The Kier molecular flexibility index (Phi) is 8.37. The quantitative estimate of drug-likeness (QED) is 0.511. The highest BCUT2D eigenvalue weighted by Crippen LogP contribution is 2.42. The molecule has 1 aromatic carbocycles. The fourth-order valence-electron chi connectivity index (χ4n) is 6.27. The number of nitrogens with zero attached hydrogens (tertiary/aromatic N) is 2. The summed E-state index contributed by atoms with van der Waals surface area (Å²) in [5, 5.41) is 6.19. The van der Waals surface area contributed by atoms with Gasteiger partial charge in [-0.05, 0) is 94.4 Å². The van der Waals surface area contributed by atoms with E-state index < -0.39 is 0 Å². The van der Waals surface area contributed by atoms with Crippen LogP contribution in [0, 0.1) is 5.92 Å². The van der Waals surface area contributed by atoms with Gasteiger partial charge in [-0.25, -0.2) is 0 Å². The van der Waals surface area contributed by atoms with Gasteiger partial charge < -0.3 is 10.6 Å². The topological polar surface area (TPSA) is 64.7 Å². The molecule has 1 saturated carbocycles. The number of likely N-dealkylation sites (tertiary alicyclic amines) is 2. The summed E-state index contributed by atoms with van der Waals surface area (Å²) in [7, 11) is 0. The summed E-state index contributed by atoms with van der Waals surface area (Å²) in [6.07, 6.45) is 16.0. The van der Waals surface area contributed by atoms with E-state index in [1.165, 1.54) is 62.5 Å². The Morgan fingerprint density at radius 1 is 0.861 bits per heavy atom. The number of nitrogens with one attached hydrogen (secondary N) is 2. The molecule has 0 aromatic heterocycles. The van der Waals surface area contributed by atoms with Gasteiger partial charge in [0, 0.05) is 17.2 Å². The Morgan fingerprint density at radius 2 is 1.47 bits per heavy atom. The molecule has 0 bridgehead atoms. The smallest absolute Gasteiger partial charge is 0.238 e. The number of amides is 2. The first-order chi connectivity index (χ1) is 17.6. The number of rotatable bonds is 9. The second kappa shape index (κ2) is 12.1. The minimum atomic E-state index is -0.0960. The number of allylic oxidation sites excluding steroid dienone is 1. The average molecular weight is 489 g/mol. The van der Waals surface area contributed by atoms with Crippen LogP contribution < -0.4 is 10.6 Å². The third-order valence-corrected chi connectivity index (χ3v) is 8.13. The number of hydrogen-bond donors (Lipinski definition) is 2. The van der Waals surface area contributed by atoms with E-state index in [9.17, 15) is 9.59 Å². The van der Waals surface area contributed by atoms with Gasteiger partial charge in [0.05, 0.1) is 19.1 Å². The Bertz CT molecular complexity index is 1010. The fourth-order valence-corrected chi connectivity index (χ4v) is 6.27. The summed E-state index contributed by atoms with van der Waals surface area (Å²) in [6, 6.07) is 8.32. The zero-order valence-corrected chi connectivity index (χ0v) is 21.4. The maximum absolute atomic E-state index is 12.4. The SMILES string of the molecule is O=C(CN1CCCC1)Nc1ccc(C(C2=C=CC(NC(=O)CN3CCCC3)C=C2)C2CCCC2)cc1. The number of benzene rings is 1. The van der Waals surface area contributed by atoms with E-state index in [0.717, 1.165) is 31.9 Å². The summed E-state index contributed by atoms with van der Waals surface area (Å²) in [6.45, 7) is 5.06. The van der Waals surface area contributed by atoms with Gasteiger partial charge >= 0.3 is 0 Å². The summed E-state index contributed by atoms with van der Waals surface area (Å²) < 4.78 is 0. The fraction of sp³-hybridized carbons (Fsp3) is 0.567. The van der Waals surface area contributed by atoms with Crippen molar-refractivity contribution in [2.75, 3.05) is 44.6 Å². The number of carbonyl (C=O) groups excluding carboxylic acids is 2. The Balaban J connectivity index is 1.23. The third kappa shape index (κ3) is 6.56. The monoisotopic (exact) mass is 488 g/mol. The van der Waals surface area contributed by atoms with Crippen molar-refractivity contribution in [3.8, 4) is 0 Å². The van der Waals surface area contributed by atoms with Gasteiger partial charge in [-0.2, -0.15) is 0 Å². The molecular formula is C30H40N4O2. The van der Waals surface area contributed by atoms with Gasteiger partial charge in [-0.3, -0.25) is 19.4 Å². The molecule has 192 valence electrons. The van der Waals surface area contributed by atoms with Crippen LogP contribution in [0.4, 0.5) is 5.69 Å². The Labute approximate surface area is 215 Å². The van der Waals surface area contributed by atoms with Gasteiger partial charge in [0.2, 0.25) is 11.8 Å². The summed E-state index contributed by atoms with van der Waals surface area (Å²) in [5.41, 5.74) is 6.86. The van der Waals surface area contributed by atoms with Crippen molar-refractivity contribution in [3.05, 3.63) is 59.4 Å². The first-order valence-electron chi connectivity index (χ1n) is 13.9. The molecule has 0 spiro atoms. The van der Waals surface area contributed by atoms with Gasteiger partial charge in [0.15, 0.2) is 0 Å². The molecule has 6 nitrogen and oxygen atoms in total. The minimum absolute atomic E-state index is 0.0654.